The number of amidine groups is 1. The van der Waals surface area contributed by atoms with Crippen molar-refractivity contribution in [3.8, 4) is 0 Å². The van der Waals surface area contributed by atoms with E-state index in [1.807, 2.05) is 0 Å². The zero-order valence-corrected chi connectivity index (χ0v) is 10.7. The molecule has 0 aliphatic carbocycles. The van der Waals surface area contributed by atoms with Crippen molar-refractivity contribution in [2.75, 3.05) is 40.3 Å². The highest BCUT2D eigenvalue weighted by Crippen LogP contribution is 2.16. The van der Waals surface area contributed by atoms with Crippen molar-refractivity contribution in [3.63, 3.8) is 0 Å². The standard InChI is InChI=1S/C12H26N4/c1-15-8-5-11(6-9-15)10-16(2)7-3-4-12(13)14/h11H,3-10H2,1-2H3,(H3,13,14). The lowest BCUT2D eigenvalue weighted by atomic mass is 9.96. The van der Waals surface area contributed by atoms with Crippen LogP contribution in [0.4, 0.5) is 0 Å². The van der Waals surface area contributed by atoms with Crippen LogP contribution in [0.2, 0.25) is 0 Å². The van der Waals surface area contributed by atoms with Gasteiger partial charge < -0.3 is 15.5 Å². The van der Waals surface area contributed by atoms with Crippen LogP contribution in [0.25, 0.3) is 0 Å². The fraction of sp³-hybridized carbons (Fsp3) is 0.917. The Labute approximate surface area is 99.3 Å². The minimum absolute atomic E-state index is 0.313. The number of hydrogen-bond donors (Lipinski definition) is 2. The quantitative estimate of drug-likeness (QED) is 0.524. The highest BCUT2D eigenvalue weighted by Gasteiger charge is 2.17. The minimum Gasteiger partial charge on any atom is -0.388 e. The van der Waals surface area contributed by atoms with E-state index in [1.54, 1.807) is 0 Å². The van der Waals surface area contributed by atoms with Crippen molar-refractivity contribution in [3.05, 3.63) is 0 Å². The van der Waals surface area contributed by atoms with Gasteiger partial charge >= 0.3 is 0 Å². The van der Waals surface area contributed by atoms with Crippen LogP contribution in [-0.2, 0) is 0 Å². The smallest absolute Gasteiger partial charge is 0.0905 e. The maximum Gasteiger partial charge on any atom is 0.0905 e. The van der Waals surface area contributed by atoms with Gasteiger partial charge in [-0.1, -0.05) is 0 Å². The molecule has 1 heterocycles. The molecule has 0 unspecified atom stereocenters. The molecule has 4 nitrogen and oxygen atoms in total. The third-order valence-electron chi connectivity index (χ3n) is 3.39. The molecule has 0 aromatic rings. The van der Waals surface area contributed by atoms with Crippen molar-refractivity contribution in [2.24, 2.45) is 11.7 Å². The van der Waals surface area contributed by atoms with E-state index >= 15 is 0 Å². The molecular weight excluding hydrogens is 200 g/mol. The van der Waals surface area contributed by atoms with Crippen LogP contribution in [0.1, 0.15) is 25.7 Å². The molecule has 0 aromatic carbocycles. The van der Waals surface area contributed by atoms with E-state index in [9.17, 15) is 0 Å². The average Bonchev–Trinajstić information content (AvgIpc) is 2.21. The maximum absolute atomic E-state index is 7.17. The van der Waals surface area contributed by atoms with Gasteiger partial charge in [0.25, 0.3) is 0 Å². The zero-order chi connectivity index (χ0) is 12.0. The molecule has 1 aliphatic rings. The first-order chi connectivity index (χ1) is 7.58. The molecule has 1 rings (SSSR count). The van der Waals surface area contributed by atoms with Gasteiger partial charge in [-0.2, -0.15) is 0 Å². The van der Waals surface area contributed by atoms with Crippen LogP contribution in [0.15, 0.2) is 0 Å². The molecule has 0 bridgehead atoms. The summed E-state index contributed by atoms with van der Waals surface area (Å²) < 4.78 is 0. The van der Waals surface area contributed by atoms with E-state index in [2.05, 4.69) is 23.9 Å². The first-order valence-electron chi connectivity index (χ1n) is 6.28. The molecule has 1 saturated heterocycles. The zero-order valence-electron chi connectivity index (χ0n) is 10.7. The van der Waals surface area contributed by atoms with E-state index in [0.29, 0.717) is 5.84 Å². The van der Waals surface area contributed by atoms with Crippen LogP contribution >= 0.6 is 0 Å². The fourth-order valence-corrected chi connectivity index (χ4v) is 2.32. The normalized spacial score (nSPS) is 19.2. The van der Waals surface area contributed by atoms with Gasteiger partial charge in [-0.15, -0.1) is 0 Å². The first-order valence-corrected chi connectivity index (χ1v) is 6.28. The Morgan fingerprint density at radius 3 is 2.62 bits per heavy atom. The Kier molecular flexibility index (Phi) is 5.77. The molecular formula is C12H26N4. The number of nitrogens with one attached hydrogen (secondary N) is 1. The predicted molar refractivity (Wildman–Crippen MR) is 68.9 cm³/mol. The van der Waals surface area contributed by atoms with E-state index in [-0.39, 0.29) is 0 Å². The number of nitrogens with two attached hydrogens (primary N) is 1. The third-order valence-corrected chi connectivity index (χ3v) is 3.39. The second-order valence-corrected chi connectivity index (χ2v) is 5.14. The van der Waals surface area contributed by atoms with Crippen LogP contribution < -0.4 is 5.73 Å². The van der Waals surface area contributed by atoms with Gasteiger partial charge in [0.1, 0.15) is 0 Å². The molecule has 1 fully saturated rings. The van der Waals surface area contributed by atoms with E-state index in [0.717, 1.165) is 25.3 Å². The summed E-state index contributed by atoms with van der Waals surface area (Å²) in [4.78, 5) is 4.80. The number of hydrogen-bond acceptors (Lipinski definition) is 3. The summed E-state index contributed by atoms with van der Waals surface area (Å²) in [7, 11) is 4.38. The van der Waals surface area contributed by atoms with E-state index < -0.39 is 0 Å². The minimum atomic E-state index is 0.313. The topological polar surface area (TPSA) is 56.4 Å². The van der Waals surface area contributed by atoms with Crippen LogP contribution in [0.5, 0.6) is 0 Å². The molecule has 3 N–H and O–H groups in total. The van der Waals surface area contributed by atoms with Gasteiger partial charge in [0.15, 0.2) is 0 Å². The number of likely N-dealkylation sites (tertiary alicyclic amines) is 1. The van der Waals surface area contributed by atoms with Crippen LogP contribution in [-0.4, -0.2) is 55.9 Å². The Bertz CT molecular complexity index is 209. The summed E-state index contributed by atoms with van der Waals surface area (Å²) in [6, 6.07) is 0. The van der Waals surface area contributed by atoms with Crippen molar-refractivity contribution < 1.29 is 0 Å². The third kappa shape index (κ3) is 5.47. The SMILES string of the molecule is CN1CCC(CN(C)CCCC(=N)N)CC1. The number of piperidine rings is 1. The van der Waals surface area contributed by atoms with Gasteiger partial charge in [0, 0.05) is 13.0 Å². The van der Waals surface area contributed by atoms with Crippen LogP contribution in [0.3, 0.4) is 0 Å². The largest absolute Gasteiger partial charge is 0.388 e. The van der Waals surface area contributed by atoms with Crippen molar-refractivity contribution >= 4 is 5.84 Å². The van der Waals surface area contributed by atoms with Gasteiger partial charge in [-0.3, -0.25) is 5.41 Å². The van der Waals surface area contributed by atoms with Gasteiger partial charge in [-0.25, -0.2) is 0 Å². The Hall–Kier alpha value is -0.610. The van der Waals surface area contributed by atoms with Crippen molar-refractivity contribution in [1.82, 2.24) is 9.80 Å². The Morgan fingerprint density at radius 2 is 2.06 bits per heavy atom. The van der Waals surface area contributed by atoms with Crippen molar-refractivity contribution in [1.29, 1.82) is 5.41 Å². The van der Waals surface area contributed by atoms with E-state index in [1.165, 1.54) is 32.5 Å². The highest BCUT2D eigenvalue weighted by atomic mass is 15.1. The summed E-state index contributed by atoms with van der Waals surface area (Å²) in [6.45, 7) is 4.75. The fourth-order valence-electron chi connectivity index (χ4n) is 2.32. The molecule has 4 heteroatoms. The number of rotatable bonds is 6. The van der Waals surface area contributed by atoms with Crippen LogP contribution in [0, 0.1) is 11.3 Å². The van der Waals surface area contributed by atoms with Gasteiger partial charge in [0.2, 0.25) is 0 Å². The molecule has 0 saturated carbocycles. The lowest BCUT2D eigenvalue weighted by Crippen LogP contribution is -2.36. The molecule has 94 valence electrons. The second kappa shape index (κ2) is 6.86. The van der Waals surface area contributed by atoms with Crippen molar-refractivity contribution in [2.45, 2.75) is 25.7 Å². The molecule has 0 radical (unpaired) electrons. The molecule has 0 spiro atoms. The molecule has 1 aliphatic heterocycles. The summed E-state index contributed by atoms with van der Waals surface area (Å²) in [6.07, 6.45) is 4.40. The second-order valence-electron chi connectivity index (χ2n) is 5.14. The molecule has 0 aromatic heterocycles. The first kappa shape index (κ1) is 13.5. The summed E-state index contributed by atoms with van der Waals surface area (Å²) in [5.74, 6) is 1.17. The summed E-state index contributed by atoms with van der Waals surface area (Å²) in [5, 5.41) is 7.17. The summed E-state index contributed by atoms with van der Waals surface area (Å²) in [5.41, 5.74) is 5.34. The Morgan fingerprint density at radius 1 is 1.44 bits per heavy atom. The highest BCUT2D eigenvalue weighted by molar-refractivity contribution is 5.76. The monoisotopic (exact) mass is 226 g/mol. The molecule has 0 amide bonds. The Balaban J connectivity index is 2.09. The number of nitrogens with zero attached hydrogens (tertiary/aromatic N) is 2. The van der Waals surface area contributed by atoms with Gasteiger partial charge in [-0.05, 0) is 58.9 Å². The molecule has 16 heavy (non-hydrogen) atoms. The summed E-state index contributed by atoms with van der Waals surface area (Å²) >= 11 is 0. The average molecular weight is 226 g/mol. The van der Waals surface area contributed by atoms with Gasteiger partial charge in [0.05, 0.1) is 5.84 Å². The van der Waals surface area contributed by atoms with E-state index in [4.69, 9.17) is 11.1 Å². The predicted octanol–water partition coefficient (Wildman–Crippen LogP) is 0.976. The maximum atomic E-state index is 7.17. The lowest BCUT2D eigenvalue weighted by Gasteiger charge is -2.31. The molecule has 0 atom stereocenters. The lowest BCUT2D eigenvalue weighted by molar-refractivity contribution is 0.176.